The number of rotatable bonds is 6. The molecule has 0 unspecified atom stereocenters. The van der Waals surface area contributed by atoms with Crippen LogP contribution in [0.3, 0.4) is 0 Å². The molecule has 2 heterocycles. The molecule has 1 N–H and O–H groups in total. The summed E-state index contributed by atoms with van der Waals surface area (Å²) in [6, 6.07) is 6.69. The van der Waals surface area contributed by atoms with Gasteiger partial charge in [0.15, 0.2) is 0 Å². The van der Waals surface area contributed by atoms with Crippen molar-refractivity contribution in [3.8, 4) is 0 Å². The van der Waals surface area contributed by atoms with Crippen LogP contribution >= 0.6 is 0 Å². The lowest BCUT2D eigenvalue weighted by molar-refractivity contribution is -0.138. The molecular weight excluding hydrogens is 370 g/mol. The van der Waals surface area contributed by atoms with Crippen LogP contribution in [0.5, 0.6) is 0 Å². The number of amides is 2. The molecule has 7 nitrogen and oxygen atoms in total. The van der Waals surface area contributed by atoms with Crippen LogP contribution in [-0.4, -0.2) is 66.9 Å². The number of ether oxygens (including phenoxy) is 1. The first-order valence-corrected chi connectivity index (χ1v) is 10.6. The Morgan fingerprint density at radius 3 is 2.28 bits per heavy atom. The van der Waals surface area contributed by atoms with Gasteiger partial charge in [0.1, 0.15) is 0 Å². The lowest BCUT2D eigenvalue weighted by Gasteiger charge is -2.35. The average Bonchev–Trinajstić information content (AvgIpc) is 2.75. The molecule has 0 bridgehead atoms. The second-order valence-electron chi connectivity index (χ2n) is 7.78. The number of nitrogens with one attached hydrogen (secondary N) is 1. The zero-order chi connectivity index (χ0) is 20.6. The Kier molecular flexibility index (Phi) is 7.63. The third-order valence-corrected chi connectivity index (χ3v) is 5.65. The molecule has 0 radical (unpaired) electrons. The molecule has 2 fully saturated rings. The van der Waals surface area contributed by atoms with Gasteiger partial charge in [-0.15, -0.1) is 0 Å². The largest absolute Gasteiger partial charge is 0.462 e. The third kappa shape index (κ3) is 6.03. The van der Waals surface area contributed by atoms with E-state index in [1.807, 2.05) is 4.90 Å². The molecule has 7 heteroatoms. The molecule has 1 aromatic carbocycles. The number of hydrogen-bond acceptors (Lipinski definition) is 5. The molecule has 3 rings (SSSR count). The number of piperidine rings is 2. The number of anilines is 1. The van der Waals surface area contributed by atoms with Gasteiger partial charge in [-0.05, 0) is 76.4 Å². The first-order valence-electron chi connectivity index (χ1n) is 10.6. The van der Waals surface area contributed by atoms with Gasteiger partial charge >= 0.3 is 5.97 Å². The van der Waals surface area contributed by atoms with Crippen LogP contribution in [0.4, 0.5) is 5.69 Å². The molecule has 0 atom stereocenters. The van der Waals surface area contributed by atoms with Gasteiger partial charge < -0.3 is 15.0 Å². The second-order valence-corrected chi connectivity index (χ2v) is 7.78. The SMILES string of the molecule is CCOC(=O)c1ccc(NC(=O)CN2CCC(C(=O)N3CCCCC3)CC2)cc1. The molecule has 2 aliphatic heterocycles. The summed E-state index contributed by atoms with van der Waals surface area (Å²) in [5.74, 6) is -0.0552. The maximum Gasteiger partial charge on any atom is 0.338 e. The monoisotopic (exact) mass is 401 g/mol. The standard InChI is InChI=1S/C22H31N3O4/c1-2-29-22(28)18-6-8-19(9-7-18)23-20(26)16-24-14-10-17(11-15-24)21(27)25-12-4-3-5-13-25/h6-9,17H,2-5,10-16H2,1H3,(H,23,26). The first kappa shape index (κ1) is 21.3. The van der Waals surface area contributed by atoms with E-state index in [0.29, 0.717) is 30.3 Å². The van der Waals surface area contributed by atoms with E-state index in [9.17, 15) is 14.4 Å². The Balaban J connectivity index is 1.41. The Morgan fingerprint density at radius 2 is 1.66 bits per heavy atom. The summed E-state index contributed by atoms with van der Waals surface area (Å²) in [6.07, 6.45) is 5.09. The normalized spacial score (nSPS) is 18.3. The molecule has 0 aromatic heterocycles. The van der Waals surface area contributed by atoms with Crippen molar-refractivity contribution in [1.82, 2.24) is 9.80 Å². The summed E-state index contributed by atoms with van der Waals surface area (Å²) in [5.41, 5.74) is 1.11. The Morgan fingerprint density at radius 1 is 1.00 bits per heavy atom. The van der Waals surface area contributed by atoms with Gasteiger partial charge in [0.2, 0.25) is 11.8 Å². The fourth-order valence-electron chi connectivity index (χ4n) is 4.02. The van der Waals surface area contributed by atoms with Gasteiger partial charge in [-0.25, -0.2) is 4.79 Å². The van der Waals surface area contributed by atoms with Crippen LogP contribution in [0.2, 0.25) is 0 Å². The molecule has 0 saturated carbocycles. The van der Waals surface area contributed by atoms with Gasteiger partial charge in [-0.1, -0.05) is 0 Å². The molecular formula is C22H31N3O4. The highest BCUT2D eigenvalue weighted by Gasteiger charge is 2.29. The summed E-state index contributed by atoms with van der Waals surface area (Å²) in [6.45, 7) is 5.73. The van der Waals surface area contributed by atoms with E-state index < -0.39 is 0 Å². The van der Waals surface area contributed by atoms with Crippen LogP contribution in [0.1, 0.15) is 49.4 Å². The number of esters is 1. The van der Waals surface area contributed by atoms with Crippen molar-refractivity contribution in [2.75, 3.05) is 44.6 Å². The topological polar surface area (TPSA) is 79.0 Å². The lowest BCUT2D eigenvalue weighted by Crippen LogP contribution is -2.45. The van der Waals surface area contributed by atoms with E-state index in [1.54, 1.807) is 31.2 Å². The zero-order valence-corrected chi connectivity index (χ0v) is 17.2. The van der Waals surface area contributed by atoms with E-state index in [1.165, 1.54) is 6.42 Å². The number of benzene rings is 1. The van der Waals surface area contributed by atoms with E-state index in [2.05, 4.69) is 10.2 Å². The smallest absolute Gasteiger partial charge is 0.338 e. The van der Waals surface area contributed by atoms with Crippen molar-refractivity contribution >= 4 is 23.5 Å². The van der Waals surface area contributed by atoms with E-state index >= 15 is 0 Å². The van der Waals surface area contributed by atoms with Gasteiger partial charge in [-0.3, -0.25) is 14.5 Å². The van der Waals surface area contributed by atoms with E-state index in [-0.39, 0.29) is 17.8 Å². The minimum Gasteiger partial charge on any atom is -0.462 e. The molecule has 2 saturated heterocycles. The van der Waals surface area contributed by atoms with Crippen molar-refractivity contribution < 1.29 is 19.1 Å². The first-order chi connectivity index (χ1) is 14.1. The number of carbonyl (C=O) groups is 3. The fraction of sp³-hybridized carbons (Fsp3) is 0.591. The Hall–Kier alpha value is -2.41. The highest BCUT2D eigenvalue weighted by molar-refractivity contribution is 5.94. The van der Waals surface area contributed by atoms with Gasteiger partial charge in [0.25, 0.3) is 0 Å². The predicted octanol–water partition coefficient (Wildman–Crippen LogP) is 2.53. The van der Waals surface area contributed by atoms with Crippen LogP contribution in [0, 0.1) is 5.92 Å². The third-order valence-electron chi connectivity index (χ3n) is 5.65. The Bertz CT molecular complexity index is 705. The van der Waals surface area contributed by atoms with Crippen molar-refractivity contribution in [2.24, 2.45) is 5.92 Å². The minimum atomic E-state index is -0.368. The highest BCUT2D eigenvalue weighted by Crippen LogP contribution is 2.22. The molecule has 2 aliphatic rings. The van der Waals surface area contributed by atoms with Crippen LogP contribution in [-0.2, 0) is 14.3 Å². The van der Waals surface area contributed by atoms with Crippen LogP contribution in [0.15, 0.2) is 24.3 Å². The maximum atomic E-state index is 12.6. The molecule has 2 amide bonds. The maximum absolute atomic E-state index is 12.6. The van der Waals surface area contributed by atoms with Gasteiger partial charge in [0, 0.05) is 24.7 Å². The predicted molar refractivity (Wildman–Crippen MR) is 111 cm³/mol. The van der Waals surface area contributed by atoms with Crippen LogP contribution < -0.4 is 5.32 Å². The van der Waals surface area contributed by atoms with Gasteiger partial charge in [0.05, 0.1) is 18.7 Å². The fourth-order valence-corrected chi connectivity index (χ4v) is 4.02. The van der Waals surface area contributed by atoms with Crippen molar-refractivity contribution in [1.29, 1.82) is 0 Å². The number of nitrogens with zero attached hydrogens (tertiary/aromatic N) is 2. The average molecular weight is 402 g/mol. The molecule has 29 heavy (non-hydrogen) atoms. The van der Waals surface area contributed by atoms with Crippen molar-refractivity contribution in [3.63, 3.8) is 0 Å². The molecule has 158 valence electrons. The molecule has 0 aliphatic carbocycles. The van der Waals surface area contributed by atoms with Crippen molar-refractivity contribution in [3.05, 3.63) is 29.8 Å². The Labute approximate surface area is 172 Å². The van der Waals surface area contributed by atoms with Crippen molar-refractivity contribution in [2.45, 2.75) is 39.0 Å². The lowest BCUT2D eigenvalue weighted by atomic mass is 9.94. The number of carbonyl (C=O) groups excluding carboxylic acids is 3. The molecule has 1 aromatic rings. The zero-order valence-electron chi connectivity index (χ0n) is 17.2. The van der Waals surface area contributed by atoms with Crippen LogP contribution in [0.25, 0.3) is 0 Å². The second kappa shape index (κ2) is 10.4. The summed E-state index contributed by atoms with van der Waals surface area (Å²) in [5, 5.41) is 2.87. The summed E-state index contributed by atoms with van der Waals surface area (Å²) in [4.78, 5) is 40.8. The van der Waals surface area contributed by atoms with E-state index in [0.717, 1.165) is 51.9 Å². The summed E-state index contributed by atoms with van der Waals surface area (Å²) >= 11 is 0. The number of likely N-dealkylation sites (tertiary alicyclic amines) is 2. The molecule has 0 spiro atoms. The van der Waals surface area contributed by atoms with E-state index in [4.69, 9.17) is 4.74 Å². The number of hydrogen-bond donors (Lipinski definition) is 1. The quantitative estimate of drug-likeness (QED) is 0.741. The minimum absolute atomic E-state index is 0.0882. The van der Waals surface area contributed by atoms with Gasteiger partial charge in [-0.2, -0.15) is 0 Å². The summed E-state index contributed by atoms with van der Waals surface area (Å²) in [7, 11) is 0. The highest BCUT2D eigenvalue weighted by atomic mass is 16.5. The summed E-state index contributed by atoms with van der Waals surface area (Å²) < 4.78 is 4.95.